The van der Waals surface area contributed by atoms with Gasteiger partial charge in [0.1, 0.15) is 11.9 Å². The van der Waals surface area contributed by atoms with Gasteiger partial charge < -0.3 is 9.15 Å². The Balaban J connectivity index is 1.56. The number of hydrogen-bond donors (Lipinski definition) is 0. The van der Waals surface area contributed by atoms with Crippen LogP contribution in [0.5, 0.6) is 11.6 Å². The van der Waals surface area contributed by atoms with Gasteiger partial charge in [-0.3, -0.25) is 4.98 Å². The highest BCUT2D eigenvalue weighted by atomic mass is 79.9. The van der Waals surface area contributed by atoms with E-state index in [9.17, 15) is 4.79 Å². The number of hydrogen-bond acceptors (Lipinski definition) is 7. The van der Waals surface area contributed by atoms with Crippen LogP contribution in [0.3, 0.4) is 0 Å². The van der Waals surface area contributed by atoms with E-state index in [0.717, 1.165) is 10.0 Å². The van der Waals surface area contributed by atoms with Crippen molar-refractivity contribution in [1.29, 1.82) is 0 Å². The molecule has 1 atom stereocenters. The van der Waals surface area contributed by atoms with E-state index in [0.29, 0.717) is 50.9 Å². The van der Waals surface area contributed by atoms with Gasteiger partial charge in [0.05, 0.1) is 28.1 Å². The molecule has 1 aliphatic heterocycles. The maximum Gasteiger partial charge on any atom is 0.344 e. The molecule has 5 heterocycles. The zero-order chi connectivity index (χ0) is 23.5. The minimum Gasteiger partial charge on any atom is -0.437 e. The molecule has 1 unspecified atom stereocenters. The van der Waals surface area contributed by atoms with Crippen molar-refractivity contribution in [3.63, 3.8) is 0 Å². The fraction of sp³-hybridized carbons (Fsp3) is 0.0385. The van der Waals surface area contributed by atoms with Crippen LogP contribution in [0.4, 0.5) is 0 Å². The second-order valence-corrected chi connectivity index (χ2v) is 8.92. The van der Waals surface area contributed by atoms with Crippen molar-refractivity contribution in [2.45, 2.75) is 5.92 Å². The fourth-order valence-corrected chi connectivity index (χ4v) is 4.99. The zero-order valence-corrected chi connectivity index (χ0v) is 19.5. The van der Waals surface area contributed by atoms with Gasteiger partial charge in [-0.2, -0.15) is 0 Å². The molecule has 7 rings (SSSR count). The Bertz CT molecular complexity index is 1830. The second-order valence-electron chi connectivity index (χ2n) is 8.06. The lowest BCUT2D eigenvalue weighted by molar-refractivity contribution is 0.421. The minimum atomic E-state index is -0.608. The molecular formula is C26H14BrN5O3. The predicted octanol–water partition coefficient (Wildman–Crippen LogP) is 5.34. The smallest absolute Gasteiger partial charge is 0.344 e. The van der Waals surface area contributed by atoms with Gasteiger partial charge in [0.25, 0.3) is 0 Å². The second kappa shape index (κ2) is 7.57. The maximum atomic E-state index is 13.3. The Morgan fingerprint density at radius 3 is 2.60 bits per heavy atom. The van der Waals surface area contributed by atoms with Crippen molar-refractivity contribution < 1.29 is 9.15 Å². The van der Waals surface area contributed by atoms with Crippen LogP contribution < -0.4 is 10.4 Å². The number of pyridine rings is 1. The van der Waals surface area contributed by atoms with Gasteiger partial charge in [-0.05, 0) is 36.4 Å². The highest BCUT2D eigenvalue weighted by Crippen LogP contribution is 2.48. The Hall–Kier alpha value is -4.37. The Morgan fingerprint density at radius 2 is 1.74 bits per heavy atom. The van der Waals surface area contributed by atoms with Crippen LogP contribution in [-0.4, -0.2) is 24.6 Å². The monoisotopic (exact) mass is 523 g/mol. The summed E-state index contributed by atoms with van der Waals surface area (Å²) in [7, 11) is 0. The molecule has 0 amide bonds. The van der Waals surface area contributed by atoms with Crippen LogP contribution in [-0.2, 0) is 0 Å². The van der Waals surface area contributed by atoms with Gasteiger partial charge in [-0.25, -0.2) is 19.3 Å². The Kier molecular flexibility index (Phi) is 4.34. The molecule has 0 bridgehead atoms. The number of halogens is 1. The highest BCUT2D eigenvalue weighted by Gasteiger charge is 2.38. The van der Waals surface area contributed by atoms with E-state index in [4.69, 9.17) is 14.1 Å². The van der Waals surface area contributed by atoms with Crippen molar-refractivity contribution in [2.75, 3.05) is 0 Å². The number of aromatic nitrogens is 5. The number of para-hydroxylation sites is 1. The van der Waals surface area contributed by atoms with E-state index >= 15 is 0 Å². The third-order valence-corrected chi connectivity index (χ3v) is 6.75. The van der Waals surface area contributed by atoms with Crippen LogP contribution >= 0.6 is 15.9 Å². The summed E-state index contributed by atoms with van der Waals surface area (Å²) in [4.78, 5) is 27.3. The summed E-state index contributed by atoms with van der Waals surface area (Å²) in [5, 5.41) is 5.33. The van der Waals surface area contributed by atoms with Gasteiger partial charge in [-0.1, -0.05) is 46.3 Å². The summed E-state index contributed by atoms with van der Waals surface area (Å²) in [5.74, 6) is 0.678. The third-order valence-electron chi connectivity index (χ3n) is 6.06. The van der Waals surface area contributed by atoms with E-state index in [1.807, 2.05) is 60.7 Å². The van der Waals surface area contributed by atoms with Crippen LogP contribution in [0.25, 0.3) is 28.0 Å². The standard InChI is InChI=1S/C26H14BrN5O3/c27-16-9-3-1-7-14(16)23-30-24-21-19(17-10-5-6-12-28-17)20-22(35-25(21)29-13-32(24)31-23)15-8-2-4-11-18(15)34-26(20)33/h1-13,19H. The van der Waals surface area contributed by atoms with Crippen molar-refractivity contribution in [3.05, 3.63) is 111 Å². The van der Waals surface area contributed by atoms with Crippen molar-refractivity contribution >= 4 is 32.5 Å². The zero-order valence-electron chi connectivity index (χ0n) is 17.9. The average Bonchev–Trinajstić information content (AvgIpc) is 3.33. The van der Waals surface area contributed by atoms with Crippen LogP contribution in [0, 0.1) is 0 Å². The van der Waals surface area contributed by atoms with Crippen molar-refractivity contribution in [2.24, 2.45) is 0 Å². The maximum absolute atomic E-state index is 13.3. The molecule has 9 heteroatoms. The lowest BCUT2D eigenvalue weighted by Gasteiger charge is -2.26. The molecule has 4 aromatic heterocycles. The first-order chi connectivity index (χ1) is 17.2. The van der Waals surface area contributed by atoms with E-state index in [1.54, 1.807) is 23.1 Å². The SMILES string of the molecule is O=c1oc2ccccc2c2c1C(c1ccccn1)c1c(ncn3nc(-c4ccccc4Br)nc13)O2. The quantitative estimate of drug-likeness (QED) is 0.282. The fourth-order valence-electron chi connectivity index (χ4n) is 4.53. The van der Waals surface area contributed by atoms with Gasteiger partial charge in [-0.15, -0.1) is 5.10 Å². The number of nitrogens with zero attached hydrogens (tertiary/aromatic N) is 5. The van der Waals surface area contributed by atoms with Crippen molar-refractivity contribution in [1.82, 2.24) is 24.6 Å². The molecule has 0 saturated heterocycles. The summed E-state index contributed by atoms with van der Waals surface area (Å²) in [5.41, 5.74) is 2.92. The molecule has 0 N–H and O–H groups in total. The summed E-state index contributed by atoms with van der Waals surface area (Å²) in [6, 6.07) is 20.6. The molecule has 0 spiro atoms. The molecule has 0 saturated carbocycles. The van der Waals surface area contributed by atoms with Crippen molar-refractivity contribution in [3.8, 4) is 23.0 Å². The molecule has 0 aliphatic carbocycles. The topological polar surface area (TPSA) is 95.4 Å². The van der Waals surface area contributed by atoms with E-state index in [1.165, 1.54) is 0 Å². The summed E-state index contributed by atoms with van der Waals surface area (Å²) >= 11 is 3.57. The number of benzene rings is 2. The minimum absolute atomic E-state index is 0.350. The third kappa shape index (κ3) is 3.01. The Labute approximate surface area is 206 Å². The molecule has 0 fully saturated rings. The summed E-state index contributed by atoms with van der Waals surface area (Å²) < 4.78 is 14.4. The molecule has 6 aromatic rings. The summed E-state index contributed by atoms with van der Waals surface area (Å²) in [6.45, 7) is 0. The summed E-state index contributed by atoms with van der Waals surface area (Å²) in [6.07, 6.45) is 3.26. The normalized spacial score (nSPS) is 14.5. The first-order valence-electron chi connectivity index (χ1n) is 10.8. The molecular weight excluding hydrogens is 510 g/mol. The average molecular weight is 524 g/mol. The van der Waals surface area contributed by atoms with Gasteiger partial charge in [0, 0.05) is 16.2 Å². The van der Waals surface area contributed by atoms with E-state index in [2.05, 4.69) is 31.0 Å². The first kappa shape index (κ1) is 20.0. The molecule has 8 nitrogen and oxygen atoms in total. The van der Waals surface area contributed by atoms with Gasteiger partial charge >= 0.3 is 5.63 Å². The highest BCUT2D eigenvalue weighted by molar-refractivity contribution is 9.10. The number of ether oxygens (including phenoxy) is 1. The lowest BCUT2D eigenvalue weighted by Crippen LogP contribution is -2.23. The predicted molar refractivity (Wildman–Crippen MR) is 132 cm³/mol. The molecule has 168 valence electrons. The Morgan fingerprint density at radius 1 is 0.914 bits per heavy atom. The van der Waals surface area contributed by atoms with E-state index < -0.39 is 11.5 Å². The van der Waals surface area contributed by atoms with Crippen LogP contribution in [0.2, 0.25) is 0 Å². The molecule has 2 aromatic carbocycles. The molecule has 0 radical (unpaired) electrons. The van der Waals surface area contributed by atoms with Crippen LogP contribution in [0.1, 0.15) is 22.7 Å². The lowest BCUT2D eigenvalue weighted by atomic mass is 9.87. The van der Waals surface area contributed by atoms with E-state index in [-0.39, 0.29) is 0 Å². The van der Waals surface area contributed by atoms with Crippen LogP contribution in [0.15, 0.2) is 92.9 Å². The van der Waals surface area contributed by atoms with Gasteiger partial charge in [0.2, 0.25) is 5.88 Å². The van der Waals surface area contributed by atoms with Gasteiger partial charge in [0.15, 0.2) is 17.2 Å². The molecule has 35 heavy (non-hydrogen) atoms. The first-order valence-corrected chi connectivity index (χ1v) is 11.6. The largest absolute Gasteiger partial charge is 0.437 e. The number of fused-ring (bicyclic) bond motifs is 6. The molecule has 1 aliphatic rings. The number of rotatable bonds is 2.